The van der Waals surface area contributed by atoms with E-state index in [-0.39, 0.29) is 5.75 Å². The van der Waals surface area contributed by atoms with Crippen LogP contribution in [0.2, 0.25) is 0 Å². The van der Waals surface area contributed by atoms with Gasteiger partial charge in [0.05, 0.1) is 5.75 Å². The topological polar surface area (TPSA) is 42.3 Å². The summed E-state index contributed by atoms with van der Waals surface area (Å²) >= 11 is 0. The molecule has 148 valence electrons. The number of rotatable bonds is 6. The molecule has 0 amide bonds. The molecule has 28 heavy (non-hydrogen) atoms. The number of fused-ring (bicyclic) bond motifs is 1. The fraction of sp³-hybridized carbons (Fsp3) is 0.391. The molecule has 2 aromatic carbocycles. The van der Waals surface area contributed by atoms with Crippen LogP contribution in [0, 0.1) is 0 Å². The molecule has 1 aliphatic heterocycles. The second-order valence-corrected chi connectivity index (χ2v) is 9.88. The molecule has 1 fully saturated rings. The summed E-state index contributed by atoms with van der Waals surface area (Å²) in [7, 11) is -1.09. The predicted molar refractivity (Wildman–Crippen MR) is 115 cm³/mol. The molecular formula is C23H28N2O2S. The van der Waals surface area contributed by atoms with E-state index in [2.05, 4.69) is 54.2 Å². The number of benzene rings is 2. The SMILES string of the molecule is Cn1cc(C2CCN(S(=O)(=O)CCCc3ccccc3)CC2)c2ccccc21. The molecule has 0 N–H and O–H groups in total. The van der Waals surface area contributed by atoms with Crippen LogP contribution in [0.5, 0.6) is 0 Å². The maximum absolute atomic E-state index is 12.8. The smallest absolute Gasteiger partial charge is 0.214 e. The van der Waals surface area contributed by atoms with Gasteiger partial charge in [0.25, 0.3) is 0 Å². The quantitative estimate of drug-likeness (QED) is 0.623. The molecule has 0 aliphatic carbocycles. The van der Waals surface area contributed by atoms with Crippen LogP contribution in [0.25, 0.3) is 10.9 Å². The van der Waals surface area contributed by atoms with Crippen molar-refractivity contribution in [1.82, 2.24) is 8.87 Å². The fourth-order valence-electron chi connectivity index (χ4n) is 4.38. The number of sulfonamides is 1. The van der Waals surface area contributed by atoms with Crippen LogP contribution in [-0.4, -0.2) is 36.1 Å². The minimum absolute atomic E-state index is 0.237. The molecule has 2 heterocycles. The first-order valence-electron chi connectivity index (χ1n) is 10.1. The molecular weight excluding hydrogens is 368 g/mol. The summed E-state index contributed by atoms with van der Waals surface area (Å²) in [6, 6.07) is 18.6. The van der Waals surface area contributed by atoms with Crippen molar-refractivity contribution in [3.8, 4) is 0 Å². The van der Waals surface area contributed by atoms with E-state index in [1.165, 1.54) is 22.0 Å². The Morgan fingerprint density at radius 2 is 1.64 bits per heavy atom. The van der Waals surface area contributed by atoms with E-state index >= 15 is 0 Å². The zero-order valence-corrected chi connectivity index (χ0v) is 17.2. The first-order valence-corrected chi connectivity index (χ1v) is 11.7. The average molecular weight is 397 g/mol. The molecule has 0 unspecified atom stereocenters. The molecule has 1 aromatic heterocycles. The summed E-state index contributed by atoms with van der Waals surface area (Å²) < 4.78 is 29.4. The molecule has 3 aromatic rings. The van der Waals surface area contributed by atoms with Crippen LogP contribution in [0.3, 0.4) is 0 Å². The molecule has 0 atom stereocenters. The van der Waals surface area contributed by atoms with Crippen molar-refractivity contribution in [3.63, 3.8) is 0 Å². The number of hydrogen-bond acceptors (Lipinski definition) is 2. The Hall–Kier alpha value is -2.11. The number of para-hydroxylation sites is 1. The Labute approximate surface area is 167 Å². The molecule has 4 rings (SSSR count). The molecule has 0 spiro atoms. The monoisotopic (exact) mass is 396 g/mol. The fourth-order valence-corrected chi connectivity index (χ4v) is 5.91. The van der Waals surface area contributed by atoms with Gasteiger partial charge in [0.2, 0.25) is 10.0 Å². The van der Waals surface area contributed by atoms with E-state index in [1.807, 2.05) is 18.2 Å². The third kappa shape index (κ3) is 4.01. The van der Waals surface area contributed by atoms with E-state index in [0.717, 1.165) is 19.3 Å². The highest BCUT2D eigenvalue weighted by Crippen LogP contribution is 2.34. The first-order chi connectivity index (χ1) is 13.5. The molecule has 4 nitrogen and oxygen atoms in total. The van der Waals surface area contributed by atoms with Gasteiger partial charge in [-0.15, -0.1) is 0 Å². The third-order valence-electron chi connectivity index (χ3n) is 5.93. The van der Waals surface area contributed by atoms with Crippen molar-refractivity contribution >= 4 is 20.9 Å². The minimum atomic E-state index is -3.17. The zero-order valence-electron chi connectivity index (χ0n) is 16.4. The van der Waals surface area contributed by atoms with Crippen molar-refractivity contribution in [3.05, 3.63) is 71.9 Å². The minimum Gasteiger partial charge on any atom is -0.350 e. The van der Waals surface area contributed by atoms with Gasteiger partial charge in [0.15, 0.2) is 0 Å². The van der Waals surface area contributed by atoms with E-state index < -0.39 is 10.0 Å². The number of piperidine rings is 1. The van der Waals surface area contributed by atoms with Gasteiger partial charge in [0, 0.05) is 37.2 Å². The highest BCUT2D eigenvalue weighted by Gasteiger charge is 2.29. The van der Waals surface area contributed by atoms with Gasteiger partial charge in [-0.1, -0.05) is 48.5 Å². The molecule has 0 bridgehead atoms. The number of nitrogens with zero attached hydrogens (tertiary/aromatic N) is 2. The molecule has 1 saturated heterocycles. The molecule has 5 heteroatoms. The average Bonchev–Trinajstić information content (AvgIpc) is 3.06. The van der Waals surface area contributed by atoms with Crippen molar-refractivity contribution in [2.24, 2.45) is 7.05 Å². The number of aromatic nitrogens is 1. The van der Waals surface area contributed by atoms with Gasteiger partial charge in [-0.3, -0.25) is 0 Å². The highest BCUT2D eigenvalue weighted by atomic mass is 32.2. The van der Waals surface area contributed by atoms with Gasteiger partial charge in [-0.05, 0) is 48.8 Å². The lowest BCUT2D eigenvalue weighted by Gasteiger charge is -2.31. The Bertz CT molecular complexity index is 1030. The van der Waals surface area contributed by atoms with Crippen LogP contribution in [0.15, 0.2) is 60.8 Å². The van der Waals surface area contributed by atoms with Gasteiger partial charge < -0.3 is 4.57 Å². The summed E-state index contributed by atoms with van der Waals surface area (Å²) in [5, 5.41) is 1.30. The Balaban J connectivity index is 1.36. The van der Waals surface area contributed by atoms with E-state index in [1.54, 1.807) is 4.31 Å². The maximum atomic E-state index is 12.8. The summed E-state index contributed by atoms with van der Waals surface area (Å²) in [5.74, 6) is 0.669. The summed E-state index contributed by atoms with van der Waals surface area (Å²) in [5.41, 5.74) is 3.81. The number of aryl methyl sites for hydroxylation is 2. The summed E-state index contributed by atoms with van der Waals surface area (Å²) in [6.45, 7) is 1.25. The highest BCUT2D eigenvalue weighted by molar-refractivity contribution is 7.89. The molecule has 0 saturated carbocycles. The van der Waals surface area contributed by atoms with E-state index in [4.69, 9.17) is 0 Å². The lowest BCUT2D eigenvalue weighted by Crippen LogP contribution is -2.39. The van der Waals surface area contributed by atoms with E-state index in [0.29, 0.717) is 25.4 Å². The van der Waals surface area contributed by atoms with Crippen LogP contribution in [0.1, 0.15) is 36.3 Å². The molecule has 1 aliphatic rings. The van der Waals surface area contributed by atoms with Crippen molar-refractivity contribution in [2.75, 3.05) is 18.8 Å². The van der Waals surface area contributed by atoms with E-state index in [9.17, 15) is 8.42 Å². The second-order valence-electron chi connectivity index (χ2n) is 7.79. The Morgan fingerprint density at radius 1 is 0.964 bits per heavy atom. The van der Waals surface area contributed by atoms with Crippen molar-refractivity contribution in [2.45, 2.75) is 31.6 Å². The largest absolute Gasteiger partial charge is 0.350 e. The van der Waals surface area contributed by atoms with Gasteiger partial charge in [0.1, 0.15) is 0 Å². The Kier molecular flexibility index (Phi) is 5.56. The second kappa shape index (κ2) is 8.10. The standard InChI is InChI=1S/C23H28N2O2S/c1-24-18-22(21-11-5-6-12-23(21)24)20-13-15-25(16-14-20)28(26,27)17-7-10-19-8-3-2-4-9-19/h2-6,8-9,11-12,18,20H,7,10,13-17H2,1H3. The predicted octanol–water partition coefficient (Wildman–Crippen LogP) is 4.32. The van der Waals surface area contributed by atoms with Crippen LogP contribution >= 0.6 is 0 Å². The van der Waals surface area contributed by atoms with Gasteiger partial charge >= 0.3 is 0 Å². The zero-order chi connectivity index (χ0) is 19.6. The van der Waals surface area contributed by atoms with Gasteiger partial charge in [-0.2, -0.15) is 0 Å². The number of hydrogen-bond donors (Lipinski definition) is 0. The van der Waals surface area contributed by atoms with Crippen LogP contribution in [0.4, 0.5) is 0 Å². The van der Waals surface area contributed by atoms with Crippen LogP contribution < -0.4 is 0 Å². The summed E-state index contributed by atoms with van der Waals surface area (Å²) in [6.07, 6.45) is 5.50. The summed E-state index contributed by atoms with van der Waals surface area (Å²) in [4.78, 5) is 0. The maximum Gasteiger partial charge on any atom is 0.214 e. The van der Waals surface area contributed by atoms with Crippen molar-refractivity contribution in [1.29, 1.82) is 0 Å². The first kappa shape index (κ1) is 19.2. The third-order valence-corrected chi connectivity index (χ3v) is 7.88. The van der Waals surface area contributed by atoms with Crippen molar-refractivity contribution < 1.29 is 8.42 Å². The lowest BCUT2D eigenvalue weighted by atomic mass is 9.90. The van der Waals surface area contributed by atoms with Gasteiger partial charge in [-0.25, -0.2) is 12.7 Å². The normalized spacial score (nSPS) is 16.6. The van der Waals surface area contributed by atoms with Crippen LogP contribution in [-0.2, 0) is 23.5 Å². The Morgan fingerprint density at radius 3 is 2.39 bits per heavy atom. The lowest BCUT2D eigenvalue weighted by molar-refractivity contribution is 0.320. The molecule has 0 radical (unpaired) electrons.